The molecule has 0 unspecified atom stereocenters. The highest BCUT2D eigenvalue weighted by molar-refractivity contribution is 9.10. The number of sulfonamides is 1. The van der Waals surface area contributed by atoms with Gasteiger partial charge in [-0.15, -0.1) is 0 Å². The Morgan fingerprint density at radius 3 is 2.14 bits per heavy atom. The molecule has 2 rings (SSSR count). The number of aryl methyl sites for hydroxylation is 3. The summed E-state index contributed by atoms with van der Waals surface area (Å²) in [7, 11) is -3.83. The van der Waals surface area contributed by atoms with E-state index in [0.717, 1.165) is 21.7 Å². The summed E-state index contributed by atoms with van der Waals surface area (Å²) in [4.78, 5) is -0.0516. The van der Waals surface area contributed by atoms with E-state index in [4.69, 9.17) is 0 Å². The highest BCUT2D eigenvalue weighted by Gasteiger charge is 2.19. The van der Waals surface area contributed by atoms with Gasteiger partial charge in [0.15, 0.2) is 0 Å². The summed E-state index contributed by atoms with van der Waals surface area (Å²) in [6.45, 7) is 5.26. The summed E-state index contributed by atoms with van der Waals surface area (Å²) < 4.78 is 41.7. The molecule has 0 amide bonds. The Balaban J connectivity index is 2.50. The Kier molecular flexibility index (Phi) is 4.39. The molecule has 1 N–H and O–H groups in total. The minimum Gasteiger partial charge on any atom is -0.279 e. The average Bonchev–Trinajstić information content (AvgIpc) is 2.36. The third-order valence-corrected chi connectivity index (χ3v) is 5.12. The monoisotopic (exact) mass is 371 g/mol. The molecule has 0 aliphatic carbocycles. The van der Waals surface area contributed by atoms with Gasteiger partial charge >= 0.3 is 0 Å². The van der Waals surface area contributed by atoms with Crippen molar-refractivity contribution >= 4 is 31.6 Å². The minimum atomic E-state index is -3.83. The summed E-state index contributed by atoms with van der Waals surface area (Å²) in [5.41, 5.74) is 2.59. The van der Waals surface area contributed by atoms with Crippen molar-refractivity contribution in [2.45, 2.75) is 25.7 Å². The zero-order valence-electron chi connectivity index (χ0n) is 11.9. The first kappa shape index (κ1) is 16.0. The Labute approximate surface area is 132 Å². The van der Waals surface area contributed by atoms with Crippen LogP contribution in [0.25, 0.3) is 0 Å². The molecule has 0 aliphatic rings. The second-order valence-corrected chi connectivity index (χ2v) is 7.50. The van der Waals surface area contributed by atoms with Crippen LogP contribution in [0.2, 0.25) is 0 Å². The topological polar surface area (TPSA) is 46.2 Å². The fourth-order valence-corrected chi connectivity index (χ4v) is 4.27. The maximum atomic E-state index is 13.3. The number of hydrogen-bond acceptors (Lipinski definition) is 2. The summed E-state index contributed by atoms with van der Waals surface area (Å²) in [5.74, 6) is -0.578. The molecule has 112 valence electrons. The molecule has 0 radical (unpaired) electrons. The van der Waals surface area contributed by atoms with Gasteiger partial charge in [0.2, 0.25) is 0 Å². The van der Waals surface area contributed by atoms with Crippen LogP contribution >= 0.6 is 15.9 Å². The van der Waals surface area contributed by atoms with Crippen molar-refractivity contribution in [1.82, 2.24) is 0 Å². The zero-order valence-corrected chi connectivity index (χ0v) is 14.3. The molecule has 2 aromatic rings. The van der Waals surface area contributed by atoms with Crippen LogP contribution in [0.4, 0.5) is 10.1 Å². The summed E-state index contributed by atoms with van der Waals surface area (Å²) in [6, 6.07) is 7.36. The van der Waals surface area contributed by atoms with E-state index in [9.17, 15) is 12.8 Å². The molecule has 0 fully saturated rings. The molecule has 0 saturated heterocycles. The third-order valence-electron chi connectivity index (χ3n) is 3.17. The molecule has 0 aliphatic heterocycles. The predicted octanol–water partition coefficient (Wildman–Crippen LogP) is 4.31. The normalized spacial score (nSPS) is 11.5. The fraction of sp³-hybridized carbons (Fsp3) is 0.200. The van der Waals surface area contributed by atoms with E-state index in [0.29, 0.717) is 11.3 Å². The zero-order chi connectivity index (χ0) is 15.8. The molecule has 0 spiro atoms. The highest BCUT2D eigenvalue weighted by Crippen LogP contribution is 2.28. The van der Waals surface area contributed by atoms with Gasteiger partial charge in [-0.1, -0.05) is 22.0 Å². The van der Waals surface area contributed by atoms with Crippen LogP contribution in [0, 0.1) is 26.6 Å². The number of anilines is 1. The van der Waals surface area contributed by atoms with E-state index in [2.05, 4.69) is 20.7 Å². The quantitative estimate of drug-likeness (QED) is 0.873. The number of nitrogens with one attached hydrogen (secondary N) is 1. The molecule has 2 aromatic carbocycles. The number of hydrogen-bond donors (Lipinski definition) is 1. The lowest BCUT2D eigenvalue weighted by molar-refractivity contribution is 0.594. The van der Waals surface area contributed by atoms with E-state index < -0.39 is 15.8 Å². The molecule has 0 aromatic heterocycles. The second kappa shape index (κ2) is 5.77. The van der Waals surface area contributed by atoms with Gasteiger partial charge in [-0.3, -0.25) is 4.72 Å². The second-order valence-electron chi connectivity index (χ2n) is 4.93. The molecule has 6 heteroatoms. The molecular formula is C15H15BrFNO2S. The van der Waals surface area contributed by atoms with Gasteiger partial charge < -0.3 is 0 Å². The van der Waals surface area contributed by atoms with Crippen molar-refractivity contribution in [1.29, 1.82) is 0 Å². The first-order valence-corrected chi connectivity index (χ1v) is 8.54. The Morgan fingerprint density at radius 2 is 1.57 bits per heavy atom. The van der Waals surface area contributed by atoms with Crippen LogP contribution in [0.15, 0.2) is 39.7 Å². The molecule has 0 saturated carbocycles. The lowest BCUT2D eigenvalue weighted by atomic mass is 10.1. The molecular weight excluding hydrogens is 357 g/mol. The van der Waals surface area contributed by atoms with Crippen LogP contribution in [0.5, 0.6) is 0 Å². The predicted molar refractivity (Wildman–Crippen MR) is 85.6 cm³/mol. The van der Waals surface area contributed by atoms with E-state index >= 15 is 0 Å². The van der Waals surface area contributed by atoms with Crippen molar-refractivity contribution in [3.05, 3.63) is 57.3 Å². The number of rotatable bonds is 3. The minimum absolute atomic E-state index is 0.0516. The first-order valence-electron chi connectivity index (χ1n) is 6.26. The Morgan fingerprint density at radius 1 is 1.00 bits per heavy atom. The largest absolute Gasteiger partial charge is 0.279 e. The van der Waals surface area contributed by atoms with Crippen LogP contribution in [0.3, 0.4) is 0 Å². The van der Waals surface area contributed by atoms with Crippen molar-refractivity contribution in [3.63, 3.8) is 0 Å². The fourth-order valence-electron chi connectivity index (χ4n) is 2.12. The smallest absolute Gasteiger partial charge is 0.262 e. The standard InChI is InChI=1S/C15H15BrFNO2S/c1-9-4-5-13(17)8-14(9)21(19,20)18-15-10(2)6-12(16)7-11(15)3/h4-8,18H,1-3H3. The van der Waals surface area contributed by atoms with Gasteiger partial charge in [0.1, 0.15) is 5.82 Å². The maximum Gasteiger partial charge on any atom is 0.262 e. The maximum absolute atomic E-state index is 13.3. The van der Waals surface area contributed by atoms with Crippen molar-refractivity contribution in [2.24, 2.45) is 0 Å². The lowest BCUT2D eigenvalue weighted by Gasteiger charge is -2.15. The van der Waals surface area contributed by atoms with Crippen molar-refractivity contribution in [3.8, 4) is 0 Å². The van der Waals surface area contributed by atoms with Gasteiger partial charge in [0.05, 0.1) is 10.6 Å². The van der Waals surface area contributed by atoms with Gasteiger partial charge in [0.25, 0.3) is 10.0 Å². The average molecular weight is 372 g/mol. The van der Waals surface area contributed by atoms with Crippen molar-refractivity contribution < 1.29 is 12.8 Å². The van der Waals surface area contributed by atoms with Crippen LogP contribution in [0.1, 0.15) is 16.7 Å². The van der Waals surface area contributed by atoms with Gasteiger partial charge in [0, 0.05) is 4.47 Å². The highest BCUT2D eigenvalue weighted by atomic mass is 79.9. The van der Waals surface area contributed by atoms with Gasteiger partial charge in [-0.2, -0.15) is 0 Å². The van der Waals surface area contributed by atoms with Crippen molar-refractivity contribution in [2.75, 3.05) is 4.72 Å². The third kappa shape index (κ3) is 3.44. The van der Waals surface area contributed by atoms with Crippen LogP contribution in [-0.4, -0.2) is 8.42 Å². The van der Waals surface area contributed by atoms with E-state index in [-0.39, 0.29) is 4.90 Å². The van der Waals surface area contributed by atoms with Gasteiger partial charge in [-0.25, -0.2) is 12.8 Å². The SMILES string of the molecule is Cc1ccc(F)cc1S(=O)(=O)Nc1c(C)cc(Br)cc1C. The van der Waals surface area contributed by atoms with Crippen LogP contribution < -0.4 is 4.72 Å². The van der Waals surface area contributed by atoms with E-state index in [1.165, 1.54) is 12.1 Å². The van der Waals surface area contributed by atoms with E-state index in [1.807, 2.05) is 26.0 Å². The number of halogens is 2. The Hall–Kier alpha value is -1.40. The summed E-state index contributed by atoms with van der Waals surface area (Å²) >= 11 is 3.37. The molecule has 3 nitrogen and oxygen atoms in total. The van der Waals surface area contributed by atoms with E-state index in [1.54, 1.807) is 6.92 Å². The molecule has 21 heavy (non-hydrogen) atoms. The summed E-state index contributed by atoms with van der Waals surface area (Å²) in [6.07, 6.45) is 0. The molecule has 0 bridgehead atoms. The Bertz CT molecular complexity index is 780. The van der Waals surface area contributed by atoms with Gasteiger partial charge in [-0.05, 0) is 61.7 Å². The lowest BCUT2D eigenvalue weighted by Crippen LogP contribution is -2.16. The molecule has 0 atom stereocenters. The molecule has 0 heterocycles. The van der Waals surface area contributed by atoms with Crippen LogP contribution in [-0.2, 0) is 10.0 Å². The number of benzene rings is 2. The first-order chi connectivity index (χ1) is 9.70. The summed E-state index contributed by atoms with van der Waals surface area (Å²) in [5, 5.41) is 0.